The van der Waals surface area contributed by atoms with E-state index in [0.717, 1.165) is 23.3 Å². The first kappa shape index (κ1) is 27.9. The van der Waals surface area contributed by atoms with Crippen LogP contribution in [-0.4, -0.2) is 5.11 Å². The first-order valence-electron chi connectivity index (χ1n) is 12.4. The summed E-state index contributed by atoms with van der Waals surface area (Å²) in [6.07, 6.45) is 2.59. The predicted octanol–water partition coefficient (Wildman–Crippen LogP) is 10.1. The number of thiophene rings is 1. The standard InChI is InChI=1S/C27H24O2S.C3H8.C2H6/c1-20(28)15-16-22-11-5-6-12-24(22)23-17-27(30-19-23)25-13-7-8-14-26(25)29-18-21-9-3-2-4-10-21;1-3-2;1-2/h2-14,17,19,28H,1,15-16,18H2;3H2,1-2H3;1-2H3. The number of benzene rings is 3. The molecule has 4 rings (SSSR count). The number of aryl methyl sites for hydroxylation is 1. The van der Waals surface area contributed by atoms with Crippen LogP contribution in [0.25, 0.3) is 21.6 Å². The van der Waals surface area contributed by atoms with Crippen molar-refractivity contribution in [3.63, 3.8) is 0 Å². The molecule has 0 atom stereocenters. The second-order valence-corrected chi connectivity index (χ2v) is 8.81. The normalized spacial score (nSPS) is 9.83. The van der Waals surface area contributed by atoms with E-state index >= 15 is 0 Å². The Bertz CT molecular complexity index is 1140. The lowest BCUT2D eigenvalue weighted by Crippen LogP contribution is -1.96. The van der Waals surface area contributed by atoms with E-state index < -0.39 is 0 Å². The van der Waals surface area contributed by atoms with Crippen LogP contribution in [0, 0.1) is 0 Å². The van der Waals surface area contributed by atoms with Crippen LogP contribution in [0.5, 0.6) is 5.75 Å². The van der Waals surface area contributed by atoms with Crippen LogP contribution < -0.4 is 4.74 Å². The van der Waals surface area contributed by atoms with Crippen LogP contribution in [0.15, 0.2) is 103 Å². The Balaban J connectivity index is 0.000000803. The molecule has 0 fully saturated rings. The van der Waals surface area contributed by atoms with Gasteiger partial charge in [0.05, 0.1) is 5.76 Å². The van der Waals surface area contributed by atoms with Crippen molar-refractivity contribution in [2.75, 3.05) is 0 Å². The zero-order valence-electron chi connectivity index (χ0n) is 21.5. The summed E-state index contributed by atoms with van der Waals surface area (Å²) < 4.78 is 6.15. The van der Waals surface area contributed by atoms with Crippen molar-refractivity contribution in [1.82, 2.24) is 0 Å². The fraction of sp³-hybridized carbons (Fsp3) is 0.250. The fourth-order valence-electron chi connectivity index (χ4n) is 3.45. The topological polar surface area (TPSA) is 29.5 Å². The minimum Gasteiger partial charge on any atom is -0.513 e. The highest BCUT2D eigenvalue weighted by atomic mass is 32.1. The lowest BCUT2D eigenvalue weighted by Gasteiger charge is -2.10. The molecule has 0 unspecified atom stereocenters. The quantitative estimate of drug-likeness (QED) is 0.251. The Morgan fingerprint density at radius 1 is 0.857 bits per heavy atom. The first-order valence-corrected chi connectivity index (χ1v) is 13.3. The van der Waals surface area contributed by atoms with Crippen molar-refractivity contribution in [3.05, 3.63) is 114 Å². The molecule has 1 N–H and O–H groups in total. The molecule has 3 aromatic carbocycles. The van der Waals surface area contributed by atoms with Gasteiger partial charge in [-0.15, -0.1) is 11.3 Å². The van der Waals surface area contributed by atoms with Gasteiger partial charge in [0.15, 0.2) is 0 Å². The van der Waals surface area contributed by atoms with Crippen LogP contribution in [0.3, 0.4) is 0 Å². The van der Waals surface area contributed by atoms with E-state index in [2.05, 4.69) is 68.3 Å². The molecule has 4 aromatic rings. The summed E-state index contributed by atoms with van der Waals surface area (Å²) in [7, 11) is 0. The number of aliphatic hydroxyl groups excluding tert-OH is 1. The van der Waals surface area contributed by atoms with Gasteiger partial charge in [-0.1, -0.05) is 107 Å². The summed E-state index contributed by atoms with van der Waals surface area (Å²) in [5.41, 5.74) is 5.85. The Morgan fingerprint density at radius 3 is 2.14 bits per heavy atom. The van der Waals surface area contributed by atoms with E-state index in [0.29, 0.717) is 13.0 Å². The molecule has 1 aromatic heterocycles. The van der Waals surface area contributed by atoms with Crippen molar-refractivity contribution >= 4 is 11.3 Å². The van der Waals surface area contributed by atoms with Crippen molar-refractivity contribution in [2.24, 2.45) is 0 Å². The number of para-hydroxylation sites is 1. The third-order valence-corrected chi connectivity index (χ3v) is 5.96. The summed E-state index contributed by atoms with van der Waals surface area (Å²) in [6.45, 7) is 12.4. The van der Waals surface area contributed by atoms with Crippen molar-refractivity contribution < 1.29 is 9.84 Å². The van der Waals surface area contributed by atoms with Gasteiger partial charge in [-0.25, -0.2) is 0 Å². The Labute approximate surface area is 215 Å². The number of ether oxygens (including phenoxy) is 1. The van der Waals surface area contributed by atoms with Gasteiger partial charge in [0, 0.05) is 16.9 Å². The van der Waals surface area contributed by atoms with E-state index in [9.17, 15) is 5.11 Å². The molecule has 0 bridgehead atoms. The monoisotopic (exact) mass is 486 g/mol. The van der Waals surface area contributed by atoms with Crippen LogP contribution in [0.4, 0.5) is 0 Å². The molecular weight excluding hydrogens is 448 g/mol. The lowest BCUT2D eigenvalue weighted by molar-refractivity contribution is 0.307. The lowest BCUT2D eigenvalue weighted by atomic mass is 9.97. The third-order valence-electron chi connectivity index (χ3n) is 5.00. The average Bonchev–Trinajstić information content (AvgIpc) is 3.39. The van der Waals surface area contributed by atoms with Gasteiger partial charge < -0.3 is 9.84 Å². The predicted molar refractivity (Wildman–Crippen MR) is 153 cm³/mol. The molecule has 0 aliphatic carbocycles. The van der Waals surface area contributed by atoms with Crippen LogP contribution in [-0.2, 0) is 13.0 Å². The molecule has 0 aliphatic heterocycles. The molecule has 0 saturated carbocycles. The Kier molecular flexibility index (Phi) is 12.4. The zero-order valence-corrected chi connectivity index (χ0v) is 22.3. The summed E-state index contributed by atoms with van der Waals surface area (Å²) >= 11 is 1.72. The van der Waals surface area contributed by atoms with Crippen LogP contribution in [0.2, 0.25) is 0 Å². The van der Waals surface area contributed by atoms with Gasteiger partial charge in [-0.2, -0.15) is 0 Å². The largest absolute Gasteiger partial charge is 0.513 e. The Morgan fingerprint density at radius 2 is 1.46 bits per heavy atom. The molecule has 35 heavy (non-hydrogen) atoms. The molecule has 3 heteroatoms. The van der Waals surface area contributed by atoms with E-state index in [4.69, 9.17) is 4.74 Å². The minimum atomic E-state index is 0.223. The molecule has 0 aliphatic rings. The van der Waals surface area contributed by atoms with Gasteiger partial charge in [-0.05, 0) is 52.3 Å². The van der Waals surface area contributed by atoms with Crippen LogP contribution >= 0.6 is 11.3 Å². The first-order chi connectivity index (χ1) is 17.1. The van der Waals surface area contributed by atoms with E-state index in [1.807, 2.05) is 56.3 Å². The number of rotatable bonds is 8. The van der Waals surface area contributed by atoms with Gasteiger partial charge in [0.2, 0.25) is 0 Å². The number of aliphatic hydroxyl groups is 1. The molecule has 184 valence electrons. The van der Waals surface area contributed by atoms with Gasteiger partial charge in [0.25, 0.3) is 0 Å². The molecule has 0 saturated heterocycles. The van der Waals surface area contributed by atoms with Gasteiger partial charge in [0.1, 0.15) is 12.4 Å². The Hall–Kier alpha value is -3.30. The van der Waals surface area contributed by atoms with Gasteiger partial charge in [-0.3, -0.25) is 0 Å². The SMILES string of the molecule is C=C(O)CCc1ccccc1-c1csc(-c2ccccc2OCc2ccccc2)c1.CC.CCC. The van der Waals surface area contributed by atoms with E-state index in [-0.39, 0.29) is 5.76 Å². The maximum Gasteiger partial charge on any atom is 0.128 e. The summed E-state index contributed by atoms with van der Waals surface area (Å²) in [4.78, 5) is 1.18. The summed E-state index contributed by atoms with van der Waals surface area (Å²) in [6, 6.07) is 29.0. The van der Waals surface area contributed by atoms with E-state index in [1.54, 1.807) is 11.3 Å². The maximum atomic E-state index is 9.49. The highest BCUT2D eigenvalue weighted by Gasteiger charge is 2.12. The minimum absolute atomic E-state index is 0.223. The highest BCUT2D eigenvalue weighted by molar-refractivity contribution is 7.14. The number of allylic oxidation sites excluding steroid dienone is 1. The molecule has 0 spiro atoms. The number of hydrogen-bond acceptors (Lipinski definition) is 3. The third kappa shape index (κ3) is 8.77. The van der Waals surface area contributed by atoms with E-state index in [1.165, 1.54) is 28.0 Å². The van der Waals surface area contributed by atoms with Gasteiger partial charge >= 0.3 is 0 Å². The zero-order chi connectivity index (χ0) is 25.5. The summed E-state index contributed by atoms with van der Waals surface area (Å²) in [5, 5.41) is 11.7. The molecule has 0 amide bonds. The van der Waals surface area contributed by atoms with Crippen molar-refractivity contribution in [3.8, 4) is 27.3 Å². The smallest absolute Gasteiger partial charge is 0.128 e. The second-order valence-electron chi connectivity index (χ2n) is 7.90. The fourth-order valence-corrected chi connectivity index (χ4v) is 4.39. The molecule has 1 heterocycles. The average molecular weight is 487 g/mol. The number of hydrogen-bond donors (Lipinski definition) is 1. The van der Waals surface area contributed by atoms with Crippen LogP contribution in [0.1, 0.15) is 51.7 Å². The second kappa shape index (κ2) is 15.6. The molecular formula is C32H38O2S. The maximum absolute atomic E-state index is 9.49. The summed E-state index contributed by atoms with van der Waals surface area (Å²) in [5.74, 6) is 1.11. The molecule has 0 radical (unpaired) electrons. The van der Waals surface area contributed by atoms with Crippen molar-refractivity contribution in [2.45, 2.75) is 53.6 Å². The van der Waals surface area contributed by atoms with Crippen molar-refractivity contribution in [1.29, 1.82) is 0 Å². The molecule has 2 nitrogen and oxygen atoms in total. The highest BCUT2D eigenvalue weighted by Crippen LogP contribution is 2.38.